The van der Waals surface area contributed by atoms with E-state index in [0.29, 0.717) is 40.1 Å². The Bertz CT molecular complexity index is 1550. The van der Waals surface area contributed by atoms with Crippen LogP contribution in [0.2, 0.25) is 0 Å². The number of hydrogen-bond acceptors (Lipinski definition) is 6. The van der Waals surface area contributed by atoms with Gasteiger partial charge in [-0.2, -0.15) is 13.2 Å². The number of aromatic nitrogens is 4. The van der Waals surface area contributed by atoms with Crippen LogP contribution < -0.4 is 10.9 Å². The van der Waals surface area contributed by atoms with Crippen LogP contribution in [0.3, 0.4) is 0 Å². The molecule has 4 aromatic rings. The number of carbonyl (C=O) groups is 1. The molecule has 2 atom stereocenters. The average molecular weight is 492 g/mol. The van der Waals surface area contributed by atoms with E-state index in [2.05, 4.69) is 25.3 Å². The molecule has 11 heteroatoms. The SMILES string of the molecule is O=C(N1CC2CC(C1)c1cc(Nc3nc(-c4cnccn4)cc4cc[nH]c(=O)c34)ccc12)C(F)(F)F. The second-order valence-electron chi connectivity index (χ2n) is 9.02. The van der Waals surface area contributed by atoms with Crippen molar-refractivity contribution in [1.82, 2.24) is 24.8 Å². The normalized spacial score (nSPS) is 18.8. The molecule has 182 valence electrons. The Morgan fingerprint density at radius 3 is 2.61 bits per heavy atom. The van der Waals surface area contributed by atoms with Crippen molar-refractivity contribution >= 4 is 28.2 Å². The summed E-state index contributed by atoms with van der Waals surface area (Å²) in [6, 6.07) is 9.10. The number of hydrogen-bond donors (Lipinski definition) is 2. The minimum absolute atomic E-state index is 0.0221. The summed E-state index contributed by atoms with van der Waals surface area (Å²) < 4.78 is 39.0. The zero-order valence-electron chi connectivity index (χ0n) is 18.7. The van der Waals surface area contributed by atoms with Crippen LogP contribution in [-0.2, 0) is 4.79 Å². The first-order valence-electron chi connectivity index (χ1n) is 11.3. The molecule has 1 aliphatic carbocycles. The van der Waals surface area contributed by atoms with Gasteiger partial charge in [-0.3, -0.25) is 19.6 Å². The number of rotatable bonds is 3. The molecular weight excluding hydrogens is 473 g/mol. The van der Waals surface area contributed by atoms with Crippen molar-refractivity contribution in [2.24, 2.45) is 0 Å². The van der Waals surface area contributed by atoms with Crippen LogP contribution in [-0.4, -0.2) is 50.0 Å². The maximum atomic E-state index is 13.0. The molecule has 4 heterocycles. The van der Waals surface area contributed by atoms with Gasteiger partial charge in [0.05, 0.1) is 17.3 Å². The molecule has 3 aromatic heterocycles. The third-order valence-electron chi connectivity index (χ3n) is 6.79. The largest absolute Gasteiger partial charge is 0.471 e. The Balaban J connectivity index is 1.37. The molecular formula is C25H19F3N6O2. The van der Waals surface area contributed by atoms with Crippen LogP contribution in [0, 0.1) is 0 Å². The molecule has 2 N–H and O–H groups in total. The molecule has 1 aliphatic heterocycles. The molecule has 0 radical (unpaired) electrons. The van der Waals surface area contributed by atoms with Crippen LogP contribution in [0.25, 0.3) is 22.2 Å². The van der Waals surface area contributed by atoms with Crippen molar-refractivity contribution in [2.45, 2.75) is 24.4 Å². The van der Waals surface area contributed by atoms with E-state index in [-0.39, 0.29) is 30.5 Å². The second-order valence-corrected chi connectivity index (χ2v) is 9.02. The number of fused-ring (bicyclic) bond motifs is 6. The van der Waals surface area contributed by atoms with Gasteiger partial charge in [0.2, 0.25) is 0 Å². The minimum atomic E-state index is -4.89. The molecule has 36 heavy (non-hydrogen) atoms. The fourth-order valence-electron chi connectivity index (χ4n) is 5.28. The molecule has 0 saturated carbocycles. The summed E-state index contributed by atoms with van der Waals surface area (Å²) in [5, 5.41) is 4.26. The fraction of sp³-hybridized carbons (Fsp3) is 0.240. The van der Waals surface area contributed by atoms with E-state index in [9.17, 15) is 22.8 Å². The smallest absolute Gasteiger partial charge is 0.340 e. The first kappa shape index (κ1) is 22.2. The summed E-state index contributed by atoms with van der Waals surface area (Å²) in [7, 11) is 0. The van der Waals surface area contributed by atoms with E-state index in [1.165, 1.54) is 0 Å². The Labute approximate surface area is 202 Å². The summed E-state index contributed by atoms with van der Waals surface area (Å²) in [6.45, 7) is 0.0741. The number of aromatic amines is 1. The third kappa shape index (κ3) is 3.76. The van der Waals surface area contributed by atoms with Gasteiger partial charge in [-0.1, -0.05) is 6.07 Å². The predicted molar refractivity (Wildman–Crippen MR) is 126 cm³/mol. The number of H-pyrrole nitrogens is 1. The number of nitrogens with one attached hydrogen (secondary N) is 2. The summed E-state index contributed by atoms with van der Waals surface area (Å²) in [6.07, 6.45) is 2.05. The lowest BCUT2D eigenvalue weighted by atomic mass is 9.95. The zero-order chi connectivity index (χ0) is 25.0. The Kier molecular flexibility index (Phi) is 5.02. The fourth-order valence-corrected chi connectivity index (χ4v) is 5.28. The van der Waals surface area contributed by atoms with Crippen molar-refractivity contribution in [1.29, 1.82) is 0 Å². The van der Waals surface area contributed by atoms with Crippen molar-refractivity contribution in [3.63, 3.8) is 0 Å². The first-order valence-corrected chi connectivity index (χ1v) is 11.3. The number of nitrogens with zero attached hydrogens (tertiary/aromatic N) is 4. The maximum Gasteiger partial charge on any atom is 0.471 e. The molecule has 1 aromatic carbocycles. The number of anilines is 2. The summed E-state index contributed by atoms with van der Waals surface area (Å²) >= 11 is 0. The molecule has 8 nitrogen and oxygen atoms in total. The van der Waals surface area contributed by atoms with E-state index in [0.717, 1.165) is 16.0 Å². The lowest BCUT2D eigenvalue weighted by Gasteiger charge is -2.32. The van der Waals surface area contributed by atoms with Gasteiger partial charge in [0, 0.05) is 49.2 Å². The number of halogens is 3. The second kappa shape index (κ2) is 8.14. The van der Waals surface area contributed by atoms with Crippen LogP contribution in [0.15, 0.2) is 59.9 Å². The van der Waals surface area contributed by atoms with Gasteiger partial charge in [-0.05, 0) is 47.2 Å². The molecule has 2 unspecified atom stereocenters. The molecule has 6 rings (SSSR count). The number of amides is 1. The van der Waals surface area contributed by atoms with Gasteiger partial charge >= 0.3 is 12.1 Å². The highest BCUT2D eigenvalue weighted by Gasteiger charge is 2.47. The van der Waals surface area contributed by atoms with Crippen LogP contribution in [0.4, 0.5) is 24.7 Å². The van der Waals surface area contributed by atoms with Gasteiger partial charge in [0.25, 0.3) is 5.56 Å². The molecule has 1 amide bonds. The standard InChI is InChI=1S/C25H19F3N6O2/c26-25(27,28)24(36)34-11-14-7-15(12-34)18-9-16(1-2-17(14)18)32-22-21-13(3-4-31-23(21)35)8-19(33-22)20-10-29-5-6-30-20/h1-6,8-10,14-15H,7,11-12H2,(H,31,35)(H,32,33). The summed E-state index contributed by atoms with van der Waals surface area (Å²) in [5.74, 6) is -1.80. The molecule has 2 bridgehead atoms. The van der Waals surface area contributed by atoms with Crippen LogP contribution in [0.5, 0.6) is 0 Å². The Morgan fingerprint density at radius 1 is 1.06 bits per heavy atom. The molecule has 2 aliphatic rings. The third-order valence-corrected chi connectivity index (χ3v) is 6.79. The van der Waals surface area contributed by atoms with E-state index in [1.807, 2.05) is 18.2 Å². The molecule has 1 saturated heterocycles. The van der Waals surface area contributed by atoms with Crippen molar-refractivity contribution in [3.05, 3.63) is 76.6 Å². The van der Waals surface area contributed by atoms with Gasteiger partial charge in [0.1, 0.15) is 11.5 Å². The molecule has 0 spiro atoms. The topological polar surface area (TPSA) is 104 Å². The van der Waals surface area contributed by atoms with E-state index < -0.39 is 12.1 Å². The van der Waals surface area contributed by atoms with Crippen LogP contribution >= 0.6 is 0 Å². The van der Waals surface area contributed by atoms with Gasteiger partial charge in [-0.15, -0.1) is 0 Å². The maximum absolute atomic E-state index is 13.0. The number of benzene rings is 1. The van der Waals surface area contributed by atoms with Crippen molar-refractivity contribution in [3.8, 4) is 11.4 Å². The van der Waals surface area contributed by atoms with Crippen LogP contribution in [0.1, 0.15) is 29.4 Å². The lowest BCUT2D eigenvalue weighted by Crippen LogP contribution is -2.46. The monoisotopic (exact) mass is 492 g/mol. The van der Waals surface area contributed by atoms with Crippen molar-refractivity contribution < 1.29 is 18.0 Å². The average Bonchev–Trinajstić information content (AvgIpc) is 3.12. The highest BCUT2D eigenvalue weighted by atomic mass is 19.4. The van der Waals surface area contributed by atoms with E-state index >= 15 is 0 Å². The Hall–Kier alpha value is -4.28. The first-order chi connectivity index (χ1) is 17.3. The highest BCUT2D eigenvalue weighted by molar-refractivity contribution is 5.95. The Morgan fingerprint density at radius 2 is 1.86 bits per heavy atom. The van der Waals surface area contributed by atoms with Gasteiger partial charge in [-0.25, -0.2) is 4.98 Å². The number of alkyl halides is 3. The highest BCUT2D eigenvalue weighted by Crippen LogP contribution is 2.47. The number of likely N-dealkylation sites (tertiary alicyclic amines) is 1. The number of carbonyl (C=O) groups excluding carboxylic acids is 1. The summed E-state index contributed by atoms with van der Waals surface area (Å²) in [5.41, 5.74) is 3.26. The quantitative estimate of drug-likeness (QED) is 0.446. The van der Waals surface area contributed by atoms with Gasteiger partial charge in [0.15, 0.2) is 0 Å². The van der Waals surface area contributed by atoms with E-state index in [1.54, 1.807) is 36.9 Å². The molecule has 1 fully saturated rings. The number of pyridine rings is 2. The number of piperidine rings is 1. The lowest BCUT2D eigenvalue weighted by molar-refractivity contribution is -0.186. The minimum Gasteiger partial charge on any atom is -0.340 e. The van der Waals surface area contributed by atoms with Gasteiger partial charge < -0.3 is 15.2 Å². The van der Waals surface area contributed by atoms with Crippen molar-refractivity contribution in [2.75, 3.05) is 18.4 Å². The zero-order valence-corrected chi connectivity index (χ0v) is 18.7. The summed E-state index contributed by atoms with van der Waals surface area (Å²) in [4.78, 5) is 41.1. The predicted octanol–water partition coefficient (Wildman–Crippen LogP) is 4.10. The van der Waals surface area contributed by atoms with E-state index in [4.69, 9.17) is 0 Å².